The zero-order chi connectivity index (χ0) is 27.3. The molecule has 1 N–H and O–H groups in total. The number of esters is 1. The van der Waals surface area contributed by atoms with Gasteiger partial charge in [0.25, 0.3) is 5.88 Å². The van der Waals surface area contributed by atoms with Crippen molar-refractivity contribution < 1.29 is 23.1 Å². The zero-order valence-corrected chi connectivity index (χ0v) is 21.1. The minimum absolute atomic E-state index is 0.0785. The molecule has 0 bridgehead atoms. The van der Waals surface area contributed by atoms with Gasteiger partial charge in [0.05, 0.1) is 28.6 Å². The average molecular weight is 553 g/mol. The third-order valence-electron chi connectivity index (χ3n) is 6.80. The van der Waals surface area contributed by atoms with Crippen LogP contribution in [0.15, 0.2) is 43.0 Å². The summed E-state index contributed by atoms with van der Waals surface area (Å²) in [7, 11) is 0. The first-order valence-corrected chi connectivity index (χ1v) is 12.3. The van der Waals surface area contributed by atoms with Gasteiger partial charge in [-0.1, -0.05) is 11.6 Å². The summed E-state index contributed by atoms with van der Waals surface area (Å²) in [6.07, 6.45) is 7.13. The van der Waals surface area contributed by atoms with Crippen molar-refractivity contribution in [3.63, 3.8) is 0 Å². The van der Waals surface area contributed by atoms with Crippen molar-refractivity contribution >= 4 is 29.1 Å². The molecule has 1 aromatic carbocycles. The van der Waals surface area contributed by atoms with E-state index in [0.717, 1.165) is 6.92 Å². The number of aromatic nitrogens is 7. The molecule has 0 saturated carbocycles. The van der Waals surface area contributed by atoms with Crippen LogP contribution in [0, 0.1) is 11.6 Å². The van der Waals surface area contributed by atoms with E-state index in [1.165, 1.54) is 41.6 Å². The van der Waals surface area contributed by atoms with E-state index in [1.54, 1.807) is 11.0 Å². The lowest BCUT2D eigenvalue weighted by Crippen LogP contribution is -2.39. The molecule has 198 valence electrons. The van der Waals surface area contributed by atoms with Crippen LogP contribution in [0.2, 0.25) is 5.02 Å². The van der Waals surface area contributed by atoms with Crippen LogP contribution in [0.25, 0.3) is 22.5 Å². The van der Waals surface area contributed by atoms with Crippen molar-refractivity contribution in [2.24, 2.45) is 0 Å². The van der Waals surface area contributed by atoms with Crippen LogP contribution < -0.4 is 4.74 Å². The molecule has 1 saturated heterocycles. The van der Waals surface area contributed by atoms with E-state index in [1.807, 2.05) is 0 Å². The number of ether oxygens (including phenoxy) is 1. The summed E-state index contributed by atoms with van der Waals surface area (Å²) in [6.45, 7) is 1.15. The average Bonchev–Trinajstić information content (AvgIpc) is 3.67. The number of hydrogen-bond donors (Lipinski definition) is 1. The Bertz CT molecular complexity index is 1640. The van der Waals surface area contributed by atoms with Gasteiger partial charge in [-0.25, -0.2) is 18.7 Å². The van der Waals surface area contributed by atoms with Gasteiger partial charge in [-0.05, 0) is 53.5 Å². The molecule has 0 radical (unpaired) electrons. The van der Waals surface area contributed by atoms with Gasteiger partial charge in [-0.15, -0.1) is 5.10 Å². The zero-order valence-electron chi connectivity index (χ0n) is 20.3. The van der Waals surface area contributed by atoms with Gasteiger partial charge in [0.15, 0.2) is 11.6 Å². The van der Waals surface area contributed by atoms with E-state index in [2.05, 4.69) is 30.5 Å². The Labute approximate surface area is 224 Å². The van der Waals surface area contributed by atoms with Crippen LogP contribution in [0.4, 0.5) is 8.78 Å². The maximum Gasteiger partial charge on any atom is 0.309 e. The van der Waals surface area contributed by atoms with Gasteiger partial charge in [0.1, 0.15) is 12.2 Å². The number of hydrogen-bond acceptors (Lipinski definition) is 8. The minimum Gasteiger partial charge on any atom is -0.404 e. The van der Waals surface area contributed by atoms with Gasteiger partial charge in [0, 0.05) is 36.4 Å². The standard InChI is InChI=1S/C25H19ClF2N8O3/c1-12(37)39-25-22(27)15(6-7-29-25)17-10-30-24(32-17)19-4-2-14-8-13(9-20(38)36(14)19)21-18(35-11-31-33-34-35)5-3-16(26)23(21)28/h3,5-7,9-11,14,19H,2,4,8H2,1H3,(H,30,32)/t14?,19-/m0/s1. The number of nitrogens with one attached hydrogen (secondary N) is 1. The highest BCUT2D eigenvalue weighted by Crippen LogP contribution is 2.44. The number of rotatable bonds is 5. The molecule has 39 heavy (non-hydrogen) atoms. The number of tetrazole rings is 1. The van der Waals surface area contributed by atoms with Crippen LogP contribution in [-0.2, 0) is 9.59 Å². The van der Waals surface area contributed by atoms with Crippen LogP contribution in [0.3, 0.4) is 0 Å². The summed E-state index contributed by atoms with van der Waals surface area (Å²) in [5.74, 6) is -2.43. The van der Waals surface area contributed by atoms with Crippen LogP contribution in [-0.4, -0.2) is 58.0 Å². The number of fused-ring (bicyclic) bond motifs is 1. The third kappa shape index (κ3) is 4.34. The molecule has 2 atom stereocenters. The molecular weight excluding hydrogens is 534 g/mol. The van der Waals surface area contributed by atoms with Crippen molar-refractivity contribution in [2.75, 3.05) is 0 Å². The fourth-order valence-electron chi connectivity index (χ4n) is 5.19. The van der Waals surface area contributed by atoms with Gasteiger partial charge in [-0.2, -0.15) is 4.68 Å². The highest BCUT2D eigenvalue weighted by molar-refractivity contribution is 6.31. The molecule has 2 aliphatic rings. The molecule has 4 aromatic rings. The van der Waals surface area contributed by atoms with Gasteiger partial charge in [0.2, 0.25) is 5.91 Å². The number of carbonyl (C=O) groups excluding carboxylic acids is 2. The molecule has 1 unspecified atom stereocenters. The van der Waals surface area contributed by atoms with Crippen molar-refractivity contribution in [1.29, 1.82) is 0 Å². The summed E-state index contributed by atoms with van der Waals surface area (Å²) in [4.78, 5) is 37.6. The van der Waals surface area contributed by atoms with Crippen LogP contribution in [0.1, 0.15) is 43.6 Å². The first-order valence-electron chi connectivity index (χ1n) is 11.9. The Morgan fingerprint density at radius 1 is 1.18 bits per heavy atom. The molecule has 6 rings (SSSR count). The highest BCUT2D eigenvalue weighted by atomic mass is 35.5. The van der Waals surface area contributed by atoms with E-state index < -0.39 is 29.5 Å². The summed E-state index contributed by atoms with van der Waals surface area (Å²) in [6, 6.07) is 3.83. The molecule has 11 nitrogen and oxygen atoms in total. The van der Waals surface area contributed by atoms with Gasteiger partial charge < -0.3 is 14.6 Å². The number of carbonyl (C=O) groups is 2. The van der Waals surface area contributed by atoms with Crippen LogP contribution in [0.5, 0.6) is 5.88 Å². The third-order valence-corrected chi connectivity index (χ3v) is 7.09. The predicted octanol–water partition coefficient (Wildman–Crippen LogP) is 3.82. The lowest BCUT2D eigenvalue weighted by atomic mass is 9.92. The number of nitrogens with zero attached hydrogens (tertiary/aromatic N) is 7. The van der Waals surface area contributed by atoms with Crippen molar-refractivity contribution in [3.05, 3.63) is 71.0 Å². The Morgan fingerprint density at radius 3 is 2.79 bits per heavy atom. The number of H-pyrrole nitrogens is 1. The van der Waals surface area contributed by atoms with E-state index in [4.69, 9.17) is 16.3 Å². The first-order chi connectivity index (χ1) is 18.8. The second kappa shape index (κ2) is 9.66. The molecule has 1 amide bonds. The summed E-state index contributed by atoms with van der Waals surface area (Å²) in [5.41, 5.74) is 1.49. The number of imidazole rings is 1. The Hall–Kier alpha value is -4.52. The van der Waals surface area contributed by atoms with Crippen molar-refractivity contribution in [1.82, 2.24) is 40.1 Å². The van der Waals surface area contributed by atoms with Gasteiger partial charge >= 0.3 is 5.97 Å². The van der Waals surface area contributed by atoms with E-state index in [-0.39, 0.29) is 28.1 Å². The van der Waals surface area contributed by atoms with Crippen molar-refractivity contribution in [3.8, 4) is 22.8 Å². The molecule has 2 aliphatic heterocycles. The number of halogens is 3. The van der Waals surface area contributed by atoms with E-state index in [9.17, 15) is 14.0 Å². The topological polar surface area (TPSA) is 132 Å². The second-order valence-electron chi connectivity index (χ2n) is 9.13. The molecule has 0 aliphatic carbocycles. The normalized spacial score (nSPS) is 18.7. The number of aromatic amines is 1. The minimum atomic E-state index is -0.809. The largest absolute Gasteiger partial charge is 0.404 e. The smallest absolute Gasteiger partial charge is 0.309 e. The fourth-order valence-corrected chi connectivity index (χ4v) is 5.34. The fraction of sp³-hybridized carbons (Fsp3) is 0.240. The molecule has 1 fully saturated rings. The Kier molecular flexibility index (Phi) is 6.14. The Morgan fingerprint density at radius 2 is 2.03 bits per heavy atom. The summed E-state index contributed by atoms with van der Waals surface area (Å²) in [5, 5.41) is 11.0. The van der Waals surface area contributed by atoms with E-state index >= 15 is 4.39 Å². The molecular formula is C25H19ClF2N8O3. The maximum atomic E-state index is 15.3. The van der Waals surface area contributed by atoms with Crippen molar-refractivity contribution in [2.45, 2.75) is 38.3 Å². The SMILES string of the molecule is CC(=O)Oc1nccc(-c2cnc([C@@H]3CCC4CC(c5c(-n6cnnn6)ccc(Cl)c5F)=CC(=O)N43)[nH]2)c1F. The molecule has 5 heterocycles. The van der Waals surface area contributed by atoms with Gasteiger partial charge in [-0.3, -0.25) is 9.59 Å². The molecule has 0 spiro atoms. The molecule has 3 aromatic heterocycles. The number of amides is 1. The number of pyridine rings is 1. The first kappa shape index (κ1) is 24.8. The lowest BCUT2D eigenvalue weighted by Gasteiger charge is -2.33. The quantitative estimate of drug-likeness (QED) is 0.370. The summed E-state index contributed by atoms with van der Waals surface area (Å²) < 4.78 is 36.4. The Balaban J connectivity index is 1.31. The highest BCUT2D eigenvalue weighted by Gasteiger charge is 2.42. The maximum absolute atomic E-state index is 15.3. The number of benzene rings is 1. The molecule has 14 heteroatoms. The predicted molar refractivity (Wildman–Crippen MR) is 132 cm³/mol. The van der Waals surface area contributed by atoms with E-state index in [0.29, 0.717) is 42.0 Å². The van der Waals surface area contributed by atoms with Crippen LogP contribution >= 0.6 is 11.6 Å². The summed E-state index contributed by atoms with van der Waals surface area (Å²) >= 11 is 6.09. The second-order valence-corrected chi connectivity index (χ2v) is 9.54. The lowest BCUT2D eigenvalue weighted by molar-refractivity contribution is -0.132. The monoisotopic (exact) mass is 552 g/mol.